The zero-order valence-corrected chi connectivity index (χ0v) is 22.6. The van der Waals surface area contributed by atoms with E-state index in [1.165, 1.54) is 18.9 Å². The lowest BCUT2D eigenvalue weighted by atomic mass is 9.87. The number of anilines is 1. The summed E-state index contributed by atoms with van der Waals surface area (Å²) in [5.41, 5.74) is 4.25. The molecule has 11 heteroatoms. The maximum atomic E-state index is 13.2. The number of halogens is 2. The van der Waals surface area contributed by atoms with Crippen LogP contribution in [-0.2, 0) is 34.3 Å². The molecule has 1 aliphatic carbocycles. The van der Waals surface area contributed by atoms with Crippen LogP contribution in [0.25, 0.3) is 11.3 Å². The van der Waals surface area contributed by atoms with E-state index in [-0.39, 0.29) is 25.4 Å². The molecule has 0 N–H and O–H groups in total. The van der Waals surface area contributed by atoms with E-state index in [1.54, 1.807) is 17.9 Å². The summed E-state index contributed by atoms with van der Waals surface area (Å²) in [5, 5.41) is 4.34. The molecule has 0 aromatic carbocycles. The Morgan fingerprint density at radius 3 is 2.68 bits per heavy atom. The van der Waals surface area contributed by atoms with Crippen molar-refractivity contribution in [3.05, 3.63) is 29.7 Å². The van der Waals surface area contributed by atoms with Crippen molar-refractivity contribution in [3.8, 4) is 11.3 Å². The van der Waals surface area contributed by atoms with Gasteiger partial charge in [-0.3, -0.25) is 14.5 Å². The lowest BCUT2D eigenvalue weighted by Crippen LogP contribution is -2.51. The van der Waals surface area contributed by atoms with Gasteiger partial charge in [0.2, 0.25) is 0 Å². The molecule has 1 atom stereocenters. The molecule has 3 heterocycles. The predicted octanol–water partition coefficient (Wildman–Crippen LogP) is 4.58. The normalized spacial score (nSPS) is 19.1. The molecule has 0 unspecified atom stereocenters. The summed E-state index contributed by atoms with van der Waals surface area (Å²) in [6, 6.07) is 3.53. The first-order valence-electron chi connectivity index (χ1n) is 13.2. The highest BCUT2D eigenvalue weighted by Crippen LogP contribution is 2.40. The van der Waals surface area contributed by atoms with E-state index in [2.05, 4.69) is 23.0 Å². The second-order valence-electron chi connectivity index (χ2n) is 10.3. The molecule has 0 radical (unpaired) electrons. The van der Waals surface area contributed by atoms with E-state index >= 15 is 0 Å². The third-order valence-corrected chi connectivity index (χ3v) is 7.55. The van der Waals surface area contributed by atoms with Crippen molar-refractivity contribution in [2.24, 2.45) is 13.0 Å². The van der Waals surface area contributed by atoms with Gasteiger partial charge in [0.25, 0.3) is 5.92 Å². The summed E-state index contributed by atoms with van der Waals surface area (Å²) in [6.07, 6.45) is 4.17. The van der Waals surface area contributed by atoms with Crippen LogP contribution in [0.3, 0.4) is 0 Å². The van der Waals surface area contributed by atoms with E-state index in [1.807, 2.05) is 6.07 Å². The van der Waals surface area contributed by atoms with Crippen molar-refractivity contribution in [2.75, 3.05) is 31.6 Å². The van der Waals surface area contributed by atoms with E-state index in [0.29, 0.717) is 18.2 Å². The third kappa shape index (κ3) is 6.42. The van der Waals surface area contributed by atoms with Crippen LogP contribution in [0.4, 0.5) is 19.3 Å². The Bertz CT molecular complexity index is 1150. The van der Waals surface area contributed by atoms with Gasteiger partial charge in [0, 0.05) is 58.6 Å². The Hall–Kier alpha value is -3.24. The van der Waals surface area contributed by atoms with Gasteiger partial charge in [-0.25, -0.2) is 13.6 Å². The average molecular weight is 534 g/mol. The number of hydrogen-bond donors (Lipinski definition) is 0. The van der Waals surface area contributed by atoms with Crippen LogP contribution in [0.15, 0.2) is 18.3 Å². The molecule has 2 fully saturated rings. The Kier molecular flexibility index (Phi) is 8.52. The molecule has 1 saturated carbocycles. The van der Waals surface area contributed by atoms with Crippen LogP contribution in [0.2, 0.25) is 0 Å². The van der Waals surface area contributed by atoms with Crippen LogP contribution in [0, 0.1) is 5.92 Å². The number of hydrogen-bond acceptors (Lipinski definition) is 7. The van der Waals surface area contributed by atoms with Crippen LogP contribution < -0.4 is 4.90 Å². The number of carbonyl (C=O) groups excluding carboxylic acids is 2. The Morgan fingerprint density at radius 2 is 2.00 bits per heavy atom. The maximum absolute atomic E-state index is 13.2. The van der Waals surface area contributed by atoms with Gasteiger partial charge in [-0.05, 0) is 43.7 Å². The number of ether oxygens (including phenoxy) is 2. The second-order valence-corrected chi connectivity index (χ2v) is 10.3. The smallest absolute Gasteiger partial charge is 0.410 e. The molecule has 0 spiro atoms. The largest absolute Gasteiger partial charge is 0.466 e. The maximum Gasteiger partial charge on any atom is 0.410 e. The highest BCUT2D eigenvalue weighted by atomic mass is 19.3. The number of piperidine rings is 1. The van der Waals surface area contributed by atoms with Crippen molar-refractivity contribution >= 4 is 17.7 Å². The first kappa shape index (κ1) is 27.8. The minimum Gasteiger partial charge on any atom is -0.466 e. The van der Waals surface area contributed by atoms with E-state index in [9.17, 15) is 18.4 Å². The van der Waals surface area contributed by atoms with Crippen molar-refractivity contribution in [1.82, 2.24) is 19.7 Å². The minimum absolute atomic E-state index is 0.0425. The standard InChI is InChI=1S/C27H37F2N5O4/c1-5-22-24(34-11-6-7-19(16-34)10-12-37-18(2)35)9-8-23(31-22)21-15-30-33(4)25(21)17-38-26(36)32(3)20-13-27(28,29)14-20/h8-9,15,19-20H,5-7,10-14,16-17H2,1-4H3/t19-/m1/s1. The lowest BCUT2D eigenvalue weighted by Gasteiger charge is -2.40. The minimum atomic E-state index is -2.71. The molecule has 4 rings (SSSR count). The van der Waals surface area contributed by atoms with Crippen molar-refractivity contribution in [2.45, 2.75) is 70.9 Å². The SMILES string of the molecule is CCc1nc(-c2cnn(C)c2COC(=O)N(C)C2CC(F)(F)C2)ccc1N1CCC[C@H](CCOC(C)=O)C1. The zero-order valence-electron chi connectivity index (χ0n) is 22.6. The molecule has 208 valence electrons. The van der Waals surface area contributed by atoms with E-state index in [4.69, 9.17) is 14.5 Å². The Balaban J connectivity index is 1.43. The highest BCUT2D eigenvalue weighted by molar-refractivity contribution is 5.69. The molecule has 2 aromatic rings. The summed E-state index contributed by atoms with van der Waals surface area (Å²) in [4.78, 5) is 32.1. The van der Waals surface area contributed by atoms with Gasteiger partial charge in [-0.1, -0.05) is 6.92 Å². The number of alkyl halides is 2. The number of amides is 1. The molecule has 1 amide bonds. The fourth-order valence-corrected chi connectivity index (χ4v) is 5.21. The zero-order chi connectivity index (χ0) is 27.4. The molecule has 2 aromatic heterocycles. The second kappa shape index (κ2) is 11.7. The molecule has 9 nitrogen and oxygen atoms in total. The lowest BCUT2D eigenvalue weighted by molar-refractivity contribution is -0.141. The molecule has 1 aliphatic heterocycles. The van der Waals surface area contributed by atoms with Crippen LogP contribution in [-0.4, -0.2) is 70.4 Å². The fourth-order valence-electron chi connectivity index (χ4n) is 5.21. The number of aryl methyl sites for hydroxylation is 2. The summed E-state index contributed by atoms with van der Waals surface area (Å²) in [5.74, 6) is -2.50. The molecular weight excluding hydrogens is 496 g/mol. The summed E-state index contributed by atoms with van der Waals surface area (Å²) in [7, 11) is 3.25. The molecule has 2 aliphatic rings. The predicted molar refractivity (Wildman–Crippen MR) is 138 cm³/mol. The van der Waals surface area contributed by atoms with Gasteiger partial charge < -0.3 is 19.3 Å². The first-order valence-corrected chi connectivity index (χ1v) is 13.2. The number of carbonyl (C=O) groups is 2. The van der Waals surface area contributed by atoms with Gasteiger partial charge in [-0.2, -0.15) is 5.10 Å². The van der Waals surface area contributed by atoms with Crippen molar-refractivity contribution < 1.29 is 27.8 Å². The Labute approximate surface area is 222 Å². The van der Waals surface area contributed by atoms with Crippen molar-refractivity contribution in [3.63, 3.8) is 0 Å². The van der Waals surface area contributed by atoms with Crippen LogP contribution in [0.5, 0.6) is 0 Å². The summed E-state index contributed by atoms with van der Waals surface area (Å²) >= 11 is 0. The number of pyridine rings is 1. The highest BCUT2D eigenvalue weighted by Gasteiger charge is 2.48. The van der Waals surface area contributed by atoms with Gasteiger partial charge >= 0.3 is 12.1 Å². The topological polar surface area (TPSA) is 89.8 Å². The molecule has 38 heavy (non-hydrogen) atoms. The summed E-state index contributed by atoms with van der Waals surface area (Å²) in [6.45, 7) is 5.75. The van der Waals surface area contributed by atoms with E-state index in [0.717, 1.165) is 61.4 Å². The number of aromatic nitrogens is 3. The number of nitrogens with zero attached hydrogens (tertiary/aromatic N) is 5. The number of rotatable bonds is 9. The summed E-state index contributed by atoms with van der Waals surface area (Å²) < 4.78 is 38.6. The van der Waals surface area contributed by atoms with Gasteiger partial charge in [-0.15, -0.1) is 0 Å². The first-order chi connectivity index (χ1) is 18.1. The molecule has 0 bridgehead atoms. The van der Waals surface area contributed by atoms with Gasteiger partial charge in [0.05, 0.1) is 35.6 Å². The van der Waals surface area contributed by atoms with Crippen LogP contribution in [0.1, 0.15) is 57.3 Å². The molecular formula is C27H37F2N5O4. The third-order valence-electron chi connectivity index (χ3n) is 7.55. The number of esters is 1. The van der Waals surface area contributed by atoms with Crippen molar-refractivity contribution in [1.29, 1.82) is 0 Å². The molecule has 1 saturated heterocycles. The monoisotopic (exact) mass is 533 g/mol. The van der Waals surface area contributed by atoms with Crippen LogP contribution >= 0.6 is 0 Å². The van der Waals surface area contributed by atoms with E-state index < -0.39 is 18.1 Å². The quantitative estimate of drug-likeness (QED) is 0.436. The fraction of sp³-hybridized carbons (Fsp3) is 0.630. The van der Waals surface area contributed by atoms with Gasteiger partial charge in [0.15, 0.2) is 0 Å². The van der Waals surface area contributed by atoms with Gasteiger partial charge in [0.1, 0.15) is 6.61 Å². The Morgan fingerprint density at radius 1 is 1.24 bits per heavy atom. The average Bonchev–Trinajstić information content (AvgIpc) is 3.24.